The van der Waals surface area contributed by atoms with Crippen molar-refractivity contribution in [3.8, 4) is 0 Å². The van der Waals surface area contributed by atoms with Gasteiger partial charge in [0.25, 0.3) is 5.91 Å². The molecule has 1 atom stereocenters. The van der Waals surface area contributed by atoms with Crippen LogP contribution in [0.25, 0.3) is 0 Å². The smallest absolute Gasteiger partial charge is 0.347 e. The lowest BCUT2D eigenvalue weighted by Crippen LogP contribution is -2.45. The van der Waals surface area contributed by atoms with Crippen molar-refractivity contribution in [1.82, 2.24) is 15.6 Å². The van der Waals surface area contributed by atoms with E-state index < -0.39 is 17.6 Å². The van der Waals surface area contributed by atoms with Crippen LogP contribution in [0, 0.1) is 0 Å². The van der Waals surface area contributed by atoms with E-state index in [4.69, 9.17) is 0 Å². The molecule has 0 spiro atoms. The molecule has 0 aliphatic carbocycles. The van der Waals surface area contributed by atoms with E-state index in [1.807, 2.05) is 0 Å². The highest BCUT2D eigenvalue weighted by Gasteiger charge is 2.31. The van der Waals surface area contributed by atoms with Crippen molar-refractivity contribution in [2.24, 2.45) is 0 Å². The molecule has 120 valence electrons. The molecule has 1 aliphatic heterocycles. The number of alkyl halides is 3. The fourth-order valence-electron chi connectivity index (χ4n) is 1.93. The number of carbonyl (C=O) groups is 1. The fourth-order valence-corrected chi connectivity index (χ4v) is 1.93. The molecule has 0 saturated carbocycles. The molecule has 0 bridgehead atoms. The van der Waals surface area contributed by atoms with Gasteiger partial charge in [-0.15, -0.1) is 24.8 Å². The number of piperidine rings is 1. The average Bonchev–Trinajstić information content (AvgIpc) is 2.39. The molecule has 2 heterocycles. The van der Waals surface area contributed by atoms with Crippen molar-refractivity contribution in [1.29, 1.82) is 0 Å². The summed E-state index contributed by atoms with van der Waals surface area (Å²) in [5, 5.41) is 5.88. The van der Waals surface area contributed by atoms with Crippen LogP contribution < -0.4 is 10.6 Å². The first-order chi connectivity index (χ1) is 8.97. The zero-order chi connectivity index (χ0) is 13.9. The number of halogens is 5. The number of amides is 1. The van der Waals surface area contributed by atoms with Crippen LogP contribution in [0.5, 0.6) is 0 Å². The zero-order valence-corrected chi connectivity index (χ0v) is 12.6. The van der Waals surface area contributed by atoms with Crippen LogP contribution in [0.2, 0.25) is 0 Å². The van der Waals surface area contributed by atoms with E-state index in [1.165, 1.54) is 0 Å². The van der Waals surface area contributed by atoms with Crippen LogP contribution in [-0.2, 0) is 6.18 Å². The summed E-state index contributed by atoms with van der Waals surface area (Å²) in [6.07, 6.45) is -1.94. The number of hydrogen-bond donors (Lipinski definition) is 2. The maximum Gasteiger partial charge on any atom is 0.417 e. The van der Waals surface area contributed by atoms with Crippen LogP contribution >= 0.6 is 24.8 Å². The molecule has 1 amide bonds. The molecule has 1 aliphatic rings. The largest absolute Gasteiger partial charge is 0.417 e. The molecule has 21 heavy (non-hydrogen) atoms. The molecule has 2 rings (SSSR count). The molecule has 4 nitrogen and oxygen atoms in total. The van der Waals surface area contributed by atoms with Crippen LogP contribution in [0.1, 0.15) is 28.9 Å². The summed E-state index contributed by atoms with van der Waals surface area (Å²) in [6.45, 7) is 1.59. The van der Waals surface area contributed by atoms with E-state index >= 15 is 0 Å². The van der Waals surface area contributed by atoms with Gasteiger partial charge >= 0.3 is 6.18 Å². The summed E-state index contributed by atoms with van der Waals surface area (Å²) in [7, 11) is 0. The van der Waals surface area contributed by atoms with Gasteiger partial charge in [0, 0.05) is 18.8 Å². The molecule has 1 aromatic heterocycles. The average molecular weight is 346 g/mol. The van der Waals surface area contributed by atoms with Crippen molar-refractivity contribution in [3.05, 3.63) is 29.6 Å². The summed E-state index contributed by atoms with van der Waals surface area (Å²) in [4.78, 5) is 15.3. The minimum Gasteiger partial charge on any atom is -0.347 e. The number of nitrogens with one attached hydrogen (secondary N) is 2. The first kappa shape index (κ1) is 19.9. The van der Waals surface area contributed by atoms with Gasteiger partial charge in [0.1, 0.15) is 5.69 Å². The maximum atomic E-state index is 12.3. The minimum absolute atomic E-state index is 0. The van der Waals surface area contributed by atoms with Crippen molar-refractivity contribution in [2.45, 2.75) is 25.1 Å². The molecule has 1 fully saturated rings. The van der Waals surface area contributed by atoms with Gasteiger partial charge in [-0.1, -0.05) is 0 Å². The quantitative estimate of drug-likeness (QED) is 0.865. The van der Waals surface area contributed by atoms with Gasteiger partial charge in [-0.25, -0.2) is 0 Å². The van der Waals surface area contributed by atoms with Gasteiger partial charge in [-0.2, -0.15) is 13.2 Å². The molecule has 9 heteroatoms. The number of carbonyl (C=O) groups excluding carboxylic acids is 1. The number of rotatable bonds is 2. The SMILES string of the molecule is Cl.Cl.O=C(N[C@H]1CCCNC1)c1ccc(C(F)(F)F)cn1. The van der Waals surface area contributed by atoms with E-state index in [9.17, 15) is 18.0 Å². The summed E-state index contributed by atoms with van der Waals surface area (Å²) in [6, 6.07) is 1.96. The summed E-state index contributed by atoms with van der Waals surface area (Å²) in [5.41, 5.74) is -0.859. The first-order valence-corrected chi connectivity index (χ1v) is 6.01. The highest BCUT2D eigenvalue weighted by Crippen LogP contribution is 2.28. The number of pyridine rings is 1. The second-order valence-electron chi connectivity index (χ2n) is 4.45. The summed E-state index contributed by atoms with van der Waals surface area (Å²) in [5.74, 6) is -0.442. The van der Waals surface area contributed by atoms with E-state index in [-0.39, 0.29) is 36.5 Å². The molecular weight excluding hydrogens is 330 g/mol. The van der Waals surface area contributed by atoms with Crippen LogP contribution in [-0.4, -0.2) is 30.0 Å². The lowest BCUT2D eigenvalue weighted by atomic mass is 10.1. The summed E-state index contributed by atoms with van der Waals surface area (Å²) < 4.78 is 37.0. The predicted octanol–water partition coefficient (Wildman–Crippen LogP) is 2.43. The van der Waals surface area contributed by atoms with Crippen LogP contribution in [0.4, 0.5) is 13.2 Å². The molecule has 1 aromatic rings. The van der Waals surface area contributed by atoms with Crippen molar-refractivity contribution in [3.63, 3.8) is 0 Å². The Bertz CT molecular complexity index is 448. The monoisotopic (exact) mass is 345 g/mol. The standard InChI is InChI=1S/C12H14F3N3O.2ClH/c13-12(14,15)8-3-4-10(17-6-8)11(19)18-9-2-1-5-16-7-9;;/h3-4,6,9,16H,1-2,5,7H2,(H,18,19);2*1H/t9-;;/m0../s1. The van der Waals surface area contributed by atoms with Crippen molar-refractivity contribution in [2.75, 3.05) is 13.1 Å². The van der Waals surface area contributed by atoms with E-state index in [1.54, 1.807) is 0 Å². The number of aromatic nitrogens is 1. The van der Waals surface area contributed by atoms with Crippen molar-refractivity contribution >= 4 is 30.7 Å². The highest BCUT2D eigenvalue weighted by atomic mass is 35.5. The Labute approximate surface area is 132 Å². The van der Waals surface area contributed by atoms with Crippen LogP contribution in [0.15, 0.2) is 18.3 Å². The Hall–Kier alpha value is -1.05. The van der Waals surface area contributed by atoms with Gasteiger partial charge in [-0.3, -0.25) is 9.78 Å². The molecular formula is C12H16Cl2F3N3O. The fraction of sp³-hybridized carbons (Fsp3) is 0.500. The Balaban J connectivity index is 0.00000200. The molecule has 2 N–H and O–H groups in total. The minimum atomic E-state index is -4.44. The lowest BCUT2D eigenvalue weighted by molar-refractivity contribution is -0.137. The molecule has 0 radical (unpaired) electrons. The molecule has 0 aromatic carbocycles. The van der Waals surface area contributed by atoms with E-state index in [0.29, 0.717) is 12.7 Å². The van der Waals surface area contributed by atoms with Gasteiger partial charge in [0.15, 0.2) is 0 Å². The highest BCUT2D eigenvalue weighted by molar-refractivity contribution is 5.92. The van der Waals surface area contributed by atoms with E-state index in [0.717, 1.165) is 31.5 Å². The normalized spacial score (nSPS) is 18.1. The lowest BCUT2D eigenvalue weighted by Gasteiger charge is -2.23. The predicted molar refractivity (Wildman–Crippen MR) is 77.1 cm³/mol. The van der Waals surface area contributed by atoms with Crippen LogP contribution in [0.3, 0.4) is 0 Å². The van der Waals surface area contributed by atoms with Crippen molar-refractivity contribution < 1.29 is 18.0 Å². The number of nitrogens with zero attached hydrogens (tertiary/aromatic N) is 1. The zero-order valence-electron chi connectivity index (χ0n) is 10.9. The third-order valence-electron chi connectivity index (χ3n) is 2.96. The van der Waals surface area contributed by atoms with Gasteiger partial charge in [0.2, 0.25) is 0 Å². The molecule has 1 saturated heterocycles. The second-order valence-corrected chi connectivity index (χ2v) is 4.45. The third kappa shape index (κ3) is 5.68. The Kier molecular flexibility index (Phi) is 7.99. The third-order valence-corrected chi connectivity index (χ3v) is 2.96. The van der Waals surface area contributed by atoms with Gasteiger partial charge in [0.05, 0.1) is 5.56 Å². The number of hydrogen-bond acceptors (Lipinski definition) is 3. The topological polar surface area (TPSA) is 54.0 Å². The second kappa shape index (κ2) is 8.41. The van der Waals surface area contributed by atoms with Gasteiger partial charge < -0.3 is 10.6 Å². The Morgan fingerprint density at radius 1 is 1.33 bits per heavy atom. The maximum absolute atomic E-state index is 12.3. The Morgan fingerprint density at radius 2 is 2.05 bits per heavy atom. The Morgan fingerprint density at radius 3 is 2.52 bits per heavy atom. The van der Waals surface area contributed by atoms with Gasteiger partial charge in [-0.05, 0) is 31.5 Å². The molecule has 0 unspecified atom stereocenters. The van der Waals surface area contributed by atoms with E-state index in [2.05, 4.69) is 15.6 Å². The first-order valence-electron chi connectivity index (χ1n) is 6.01. The summed E-state index contributed by atoms with van der Waals surface area (Å²) >= 11 is 0.